The Morgan fingerprint density at radius 2 is 1.79 bits per heavy atom. The van der Waals surface area contributed by atoms with Crippen LogP contribution in [-0.4, -0.2) is 23.6 Å². The first-order chi connectivity index (χ1) is 6.95. The molecule has 4 unspecified atom stereocenters. The number of rotatable bonds is 0. The van der Waals surface area contributed by atoms with Gasteiger partial charge in [0.25, 0.3) is 0 Å². The quantitative estimate of drug-likeness (QED) is 0.661. The minimum absolute atomic E-state index is 0.882. The molecule has 1 saturated carbocycles. The van der Waals surface area contributed by atoms with Crippen LogP contribution >= 0.6 is 11.8 Å². The average molecular weight is 211 g/mol. The van der Waals surface area contributed by atoms with Gasteiger partial charge in [0.2, 0.25) is 0 Å². The van der Waals surface area contributed by atoms with Gasteiger partial charge in [0.15, 0.2) is 0 Å². The van der Waals surface area contributed by atoms with Gasteiger partial charge in [-0.05, 0) is 62.7 Å². The lowest BCUT2D eigenvalue weighted by atomic mass is 9.73. The van der Waals surface area contributed by atoms with Crippen molar-refractivity contribution in [2.75, 3.05) is 12.3 Å². The third-order valence-electron chi connectivity index (χ3n) is 4.40. The smallest absolute Gasteiger partial charge is 0.0232 e. The molecule has 2 saturated heterocycles. The Kier molecular flexibility index (Phi) is 2.76. The van der Waals surface area contributed by atoms with Gasteiger partial charge in [0, 0.05) is 11.3 Å². The molecule has 0 aromatic rings. The molecular formula is C12H21NS. The van der Waals surface area contributed by atoms with Crippen molar-refractivity contribution in [3.63, 3.8) is 0 Å². The standard InChI is InChI=1S/C12H21NS/c1-3-9-5-6-10-4-2-8-14-12(10)11(9)13-7-1/h9-13H,1-8H2. The zero-order valence-corrected chi connectivity index (χ0v) is 9.69. The average Bonchev–Trinajstić information content (AvgIpc) is 2.29. The van der Waals surface area contributed by atoms with Gasteiger partial charge >= 0.3 is 0 Å². The number of nitrogens with one attached hydrogen (secondary N) is 1. The van der Waals surface area contributed by atoms with Crippen LogP contribution in [0.3, 0.4) is 0 Å². The molecule has 0 spiro atoms. The predicted molar refractivity (Wildman–Crippen MR) is 62.7 cm³/mol. The SMILES string of the molecule is C1CNC2C(C1)CCC1CCCSC12. The highest BCUT2D eigenvalue weighted by molar-refractivity contribution is 8.00. The second-order valence-corrected chi connectivity index (χ2v) is 6.48. The van der Waals surface area contributed by atoms with Crippen molar-refractivity contribution in [3.05, 3.63) is 0 Å². The molecule has 0 amide bonds. The lowest BCUT2D eigenvalue weighted by molar-refractivity contribution is 0.167. The number of hydrogen-bond acceptors (Lipinski definition) is 2. The van der Waals surface area contributed by atoms with E-state index in [1.165, 1.54) is 50.8 Å². The lowest BCUT2D eigenvalue weighted by Gasteiger charge is -2.47. The fourth-order valence-electron chi connectivity index (χ4n) is 3.69. The summed E-state index contributed by atoms with van der Waals surface area (Å²) in [5.41, 5.74) is 0. The molecule has 1 nitrogen and oxygen atoms in total. The van der Waals surface area contributed by atoms with E-state index in [-0.39, 0.29) is 0 Å². The van der Waals surface area contributed by atoms with Gasteiger partial charge in [-0.3, -0.25) is 0 Å². The fourth-order valence-corrected chi connectivity index (χ4v) is 5.36. The predicted octanol–water partition coefficient (Wildman–Crippen LogP) is 2.66. The molecule has 3 aliphatic rings. The molecule has 1 N–H and O–H groups in total. The normalized spacial score (nSPS) is 48.0. The van der Waals surface area contributed by atoms with Crippen molar-refractivity contribution >= 4 is 11.8 Å². The van der Waals surface area contributed by atoms with Gasteiger partial charge in [0.05, 0.1) is 0 Å². The Labute approximate surface area is 91.4 Å². The monoisotopic (exact) mass is 211 g/mol. The Hall–Kier alpha value is 0.310. The summed E-state index contributed by atoms with van der Waals surface area (Å²) in [5, 5.41) is 4.77. The first kappa shape index (κ1) is 9.53. The topological polar surface area (TPSA) is 12.0 Å². The minimum Gasteiger partial charge on any atom is -0.313 e. The summed E-state index contributed by atoms with van der Waals surface area (Å²) < 4.78 is 0. The number of fused-ring (bicyclic) bond motifs is 3. The van der Waals surface area contributed by atoms with E-state index in [9.17, 15) is 0 Å². The molecule has 2 aliphatic heterocycles. The Bertz CT molecular complexity index is 184. The maximum absolute atomic E-state index is 3.80. The van der Waals surface area contributed by atoms with E-state index in [2.05, 4.69) is 17.1 Å². The molecule has 14 heavy (non-hydrogen) atoms. The van der Waals surface area contributed by atoms with Gasteiger partial charge in [-0.15, -0.1) is 0 Å². The molecule has 4 atom stereocenters. The largest absolute Gasteiger partial charge is 0.313 e. The summed E-state index contributed by atoms with van der Waals surface area (Å²) in [5.74, 6) is 3.50. The third kappa shape index (κ3) is 1.61. The van der Waals surface area contributed by atoms with Crippen LogP contribution in [0.1, 0.15) is 38.5 Å². The van der Waals surface area contributed by atoms with Crippen LogP contribution in [-0.2, 0) is 0 Å². The molecule has 0 radical (unpaired) electrons. The van der Waals surface area contributed by atoms with Crippen LogP contribution < -0.4 is 5.32 Å². The van der Waals surface area contributed by atoms with Crippen LogP contribution in [0.25, 0.3) is 0 Å². The van der Waals surface area contributed by atoms with Gasteiger partial charge in [-0.1, -0.05) is 0 Å². The second kappa shape index (κ2) is 4.05. The molecular weight excluding hydrogens is 190 g/mol. The summed E-state index contributed by atoms with van der Waals surface area (Å²) in [6.45, 7) is 1.28. The first-order valence-corrected chi connectivity index (χ1v) is 7.35. The zero-order valence-electron chi connectivity index (χ0n) is 8.87. The fraction of sp³-hybridized carbons (Fsp3) is 1.00. The summed E-state index contributed by atoms with van der Waals surface area (Å²) in [7, 11) is 0. The Morgan fingerprint density at radius 1 is 0.929 bits per heavy atom. The van der Waals surface area contributed by atoms with Gasteiger partial charge in [-0.25, -0.2) is 0 Å². The molecule has 1 aliphatic carbocycles. The van der Waals surface area contributed by atoms with Crippen LogP contribution in [0.4, 0.5) is 0 Å². The Balaban J connectivity index is 1.74. The van der Waals surface area contributed by atoms with E-state index in [4.69, 9.17) is 0 Å². The molecule has 80 valence electrons. The summed E-state index contributed by atoms with van der Waals surface area (Å²) in [6, 6.07) is 0.882. The second-order valence-electron chi connectivity index (χ2n) is 5.20. The molecule has 0 aromatic carbocycles. The van der Waals surface area contributed by atoms with E-state index in [0.29, 0.717) is 0 Å². The Morgan fingerprint density at radius 3 is 2.79 bits per heavy atom. The van der Waals surface area contributed by atoms with Crippen molar-refractivity contribution in [1.82, 2.24) is 5.32 Å². The van der Waals surface area contributed by atoms with E-state index in [1.54, 1.807) is 0 Å². The molecule has 0 bridgehead atoms. The number of piperidine rings is 1. The van der Waals surface area contributed by atoms with Crippen LogP contribution in [0.15, 0.2) is 0 Å². The van der Waals surface area contributed by atoms with Crippen molar-refractivity contribution in [3.8, 4) is 0 Å². The maximum atomic E-state index is 3.80. The van der Waals surface area contributed by atoms with E-state index in [0.717, 1.165) is 23.1 Å². The number of thioether (sulfide) groups is 1. The van der Waals surface area contributed by atoms with Crippen molar-refractivity contribution in [2.45, 2.75) is 49.8 Å². The van der Waals surface area contributed by atoms with Crippen LogP contribution in [0, 0.1) is 11.8 Å². The maximum Gasteiger partial charge on any atom is 0.0232 e. The van der Waals surface area contributed by atoms with Crippen molar-refractivity contribution in [1.29, 1.82) is 0 Å². The van der Waals surface area contributed by atoms with Gasteiger partial charge in [-0.2, -0.15) is 11.8 Å². The van der Waals surface area contributed by atoms with E-state index >= 15 is 0 Å². The molecule has 3 fully saturated rings. The molecule has 0 aromatic heterocycles. The van der Waals surface area contributed by atoms with Crippen molar-refractivity contribution < 1.29 is 0 Å². The van der Waals surface area contributed by atoms with E-state index in [1.807, 2.05) is 0 Å². The lowest BCUT2D eigenvalue weighted by Crippen LogP contribution is -2.54. The summed E-state index contributed by atoms with van der Waals surface area (Å²) in [6.07, 6.45) is 8.95. The van der Waals surface area contributed by atoms with Crippen LogP contribution in [0.5, 0.6) is 0 Å². The summed E-state index contributed by atoms with van der Waals surface area (Å²) >= 11 is 2.27. The zero-order chi connectivity index (χ0) is 9.38. The van der Waals surface area contributed by atoms with Gasteiger partial charge < -0.3 is 5.32 Å². The number of hydrogen-bond donors (Lipinski definition) is 1. The van der Waals surface area contributed by atoms with Crippen LogP contribution in [0.2, 0.25) is 0 Å². The first-order valence-electron chi connectivity index (χ1n) is 6.30. The third-order valence-corrected chi connectivity index (χ3v) is 5.98. The van der Waals surface area contributed by atoms with Gasteiger partial charge in [0.1, 0.15) is 0 Å². The molecule has 3 rings (SSSR count). The molecule has 2 heterocycles. The van der Waals surface area contributed by atoms with E-state index < -0.39 is 0 Å². The van der Waals surface area contributed by atoms with Crippen molar-refractivity contribution in [2.24, 2.45) is 11.8 Å². The minimum atomic E-state index is 0.882. The molecule has 2 heteroatoms. The highest BCUT2D eigenvalue weighted by atomic mass is 32.2. The highest BCUT2D eigenvalue weighted by Gasteiger charge is 2.41. The highest BCUT2D eigenvalue weighted by Crippen LogP contribution is 2.44. The summed E-state index contributed by atoms with van der Waals surface area (Å²) in [4.78, 5) is 0.